The maximum atomic E-state index is 6.26. The fraction of sp³-hybridized carbons (Fsp3) is 0.321. The lowest BCUT2D eigenvalue weighted by molar-refractivity contribution is 0.121. The summed E-state index contributed by atoms with van der Waals surface area (Å²) < 4.78 is 75.9. The maximum Gasteiger partial charge on any atom is 0.227 e. The second kappa shape index (κ2) is 49.4. The van der Waals surface area contributed by atoms with Gasteiger partial charge >= 0.3 is 0 Å². The number of anilines is 11. The summed E-state index contributed by atoms with van der Waals surface area (Å²) in [6.45, 7) is 20.7. The summed E-state index contributed by atoms with van der Waals surface area (Å²) in [4.78, 5) is 46.1. The third-order valence-electron chi connectivity index (χ3n) is 23.3. The van der Waals surface area contributed by atoms with Gasteiger partial charge in [0.15, 0.2) is 11.5 Å². The predicted octanol–water partition coefficient (Wildman–Crippen LogP) is 18.1. The van der Waals surface area contributed by atoms with Crippen molar-refractivity contribution in [1.29, 1.82) is 0 Å². The first kappa shape index (κ1) is 93.3. The molecule has 12 aromatic rings. The van der Waals surface area contributed by atoms with Crippen LogP contribution in [-0.2, 0) is 82.3 Å². The standard InChI is InChI=1S/C29H34N4O4.2C26H28N4O3.C25H26N4O3/c1-34-27-19-25-18-24(28(27)37-16-13-33-11-2-3-12-33)21-36-15-5-4-14-35-20-22-7-6-8-23(17-22)26-9-10-30-29(31-25)32-26;1-2-13-33-19-22-17-23(6-7-25(22)30-10-14-31-15-11-30)28-26-27-9-8-24(29-26)21-5-3-4-20(16-21)18-32-12-1;1-2-13-32-19-21-17-22(7-8-25(21)30-11-15-31-16-12-30)28-26-27-10-9-24(29-26)20-5-4-6-23(18-20)33-14-3-1;1-2-13-32-22-5-3-4-19(17-22)23-8-9-26-25(28-23)27-21-6-7-24(20(16-21)18-31-12-1)29-10-14-30-15-11-29/h4-10,17-19H,2-3,11-16,20-21H2,1H3,(H,30,31,32);1-9,16-17H,10-15,18-19H2,(H,27,28,29);1-2,4-10,17-18H,3,11-16,19H2,(H,27,28,29);1-9,16-17H,10-15,18H2,(H,26,27,28)/b5-4+;2*2-1+;2-1-. The van der Waals surface area contributed by atoms with Crippen LogP contribution in [0, 0.1) is 0 Å². The van der Waals surface area contributed by atoms with Gasteiger partial charge in [0, 0.05) is 161 Å². The van der Waals surface area contributed by atoms with E-state index in [0.717, 1.165) is 218 Å². The summed E-state index contributed by atoms with van der Waals surface area (Å²) in [5.74, 6) is 5.14. The van der Waals surface area contributed by atoms with Gasteiger partial charge in [0.25, 0.3) is 0 Å². The molecular formula is C106H116N16O13. The molecular weight excluding hydrogens is 1710 g/mol. The number of likely N-dealkylation sites (tertiary alicyclic amines) is 1. The molecule has 0 radical (unpaired) electrons. The van der Waals surface area contributed by atoms with E-state index in [0.29, 0.717) is 134 Å². The molecule has 0 unspecified atom stereocenters. The Bertz CT molecular complexity index is 5790. The molecule has 8 aliphatic heterocycles. The van der Waals surface area contributed by atoms with Crippen molar-refractivity contribution in [1.82, 2.24) is 44.8 Å². The Morgan fingerprint density at radius 2 is 0.681 bits per heavy atom. The highest BCUT2D eigenvalue weighted by Crippen LogP contribution is 2.39. The van der Waals surface area contributed by atoms with E-state index in [4.69, 9.17) is 81.5 Å². The Morgan fingerprint density at radius 3 is 1.10 bits per heavy atom. The molecule has 0 aliphatic carbocycles. The Hall–Kier alpha value is -13.6. The molecule has 0 spiro atoms. The normalized spacial score (nSPS) is 17.7. The summed E-state index contributed by atoms with van der Waals surface area (Å²) in [6, 6.07) is 62.9. The first-order valence-corrected chi connectivity index (χ1v) is 46.4. The second-order valence-electron chi connectivity index (χ2n) is 32.8. The minimum atomic E-state index is 0.377. The molecule has 4 aromatic heterocycles. The van der Waals surface area contributed by atoms with Crippen LogP contribution in [0.3, 0.4) is 0 Å². The van der Waals surface area contributed by atoms with E-state index in [1.807, 2.05) is 140 Å². The van der Waals surface area contributed by atoms with Gasteiger partial charge in [-0.1, -0.05) is 103 Å². The van der Waals surface area contributed by atoms with E-state index in [9.17, 15) is 0 Å². The van der Waals surface area contributed by atoms with Crippen LogP contribution >= 0.6 is 0 Å². The highest BCUT2D eigenvalue weighted by atomic mass is 16.5. The summed E-state index contributed by atoms with van der Waals surface area (Å²) in [6.07, 6.45) is 26.5. The lowest BCUT2D eigenvalue weighted by Crippen LogP contribution is -2.36. The highest BCUT2D eigenvalue weighted by Gasteiger charge is 2.24. The molecule has 4 saturated heterocycles. The van der Waals surface area contributed by atoms with Crippen LogP contribution in [0.5, 0.6) is 23.0 Å². The van der Waals surface area contributed by atoms with Gasteiger partial charge < -0.3 is 97.5 Å². The molecule has 0 amide bonds. The van der Waals surface area contributed by atoms with Gasteiger partial charge in [-0.05, 0) is 171 Å². The molecule has 8 aromatic carbocycles. The molecule has 29 heteroatoms. The fourth-order valence-electron chi connectivity index (χ4n) is 16.5. The van der Waals surface area contributed by atoms with Crippen molar-refractivity contribution >= 4 is 63.6 Å². The zero-order chi connectivity index (χ0) is 91.5. The van der Waals surface area contributed by atoms with Crippen LogP contribution < -0.4 is 54.9 Å². The van der Waals surface area contributed by atoms with E-state index in [-0.39, 0.29) is 0 Å². The molecule has 0 saturated carbocycles. The number of rotatable bonds is 8. The summed E-state index contributed by atoms with van der Waals surface area (Å²) in [7, 11) is 1.66. The molecule has 698 valence electrons. The lowest BCUT2D eigenvalue weighted by Gasteiger charge is -2.31. The number of morpholine rings is 3. The van der Waals surface area contributed by atoms with Crippen LogP contribution in [0.25, 0.3) is 45.0 Å². The number of nitrogens with zero attached hydrogens (tertiary/aromatic N) is 12. The molecule has 0 atom stereocenters. The minimum Gasteiger partial charge on any atom is -0.493 e. The Morgan fingerprint density at radius 1 is 0.319 bits per heavy atom. The van der Waals surface area contributed by atoms with Gasteiger partial charge in [0.05, 0.1) is 155 Å². The van der Waals surface area contributed by atoms with E-state index < -0.39 is 0 Å². The molecule has 4 N–H and O–H groups in total. The van der Waals surface area contributed by atoms with Crippen molar-refractivity contribution in [3.05, 3.63) is 295 Å². The quantitative estimate of drug-likeness (QED) is 0.103. The number of aromatic nitrogens is 8. The predicted molar refractivity (Wildman–Crippen MR) is 526 cm³/mol. The van der Waals surface area contributed by atoms with Gasteiger partial charge in [-0.15, -0.1) is 0 Å². The topological polar surface area (TPSA) is 284 Å². The third-order valence-corrected chi connectivity index (χ3v) is 23.3. The van der Waals surface area contributed by atoms with Gasteiger partial charge in [0.1, 0.15) is 24.7 Å². The minimum absolute atomic E-state index is 0.377. The highest BCUT2D eigenvalue weighted by molar-refractivity contribution is 5.72. The number of nitrogens with one attached hydrogen (secondary N) is 4. The Labute approximate surface area is 788 Å². The molecule has 24 bridgehead atoms. The van der Waals surface area contributed by atoms with Crippen LogP contribution in [0.1, 0.15) is 52.6 Å². The SMILES string of the molecule is C1=C/COCc2cc(ccc2N2CCOCC2)Nc2nccc(n2)-c2cccc(c2)COC/1.C1=C/COCc2cc(ccc2N2CCOCC2)Nc2nccc(n2)-c2cccc(c2)OCC/1.C1=C\COc2cccc(c2)-c2ccnc(n2)Nc2ccc(N3CCOCC3)c(c2)COC/1.COc1cc2cc(c1OCCN1CCCC1)COC/C=C/COCc1cccc(c1)-c1ccnc(n1)N2. The van der Waals surface area contributed by atoms with Crippen LogP contribution in [-0.4, -0.2) is 210 Å². The van der Waals surface area contributed by atoms with E-state index in [1.165, 1.54) is 29.9 Å². The molecule has 29 nitrogen and oxygen atoms in total. The van der Waals surface area contributed by atoms with Crippen molar-refractivity contribution in [2.24, 2.45) is 0 Å². The zero-order valence-electron chi connectivity index (χ0n) is 76.3. The van der Waals surface area contributed by atoms with Gasteiger partial charge in [0.2, 0.25) is 23.8 Å². The number of hydrogen-bond acceptors (Lipinski definition) is 29. The largest absolute Gasteiger partial charge is 0.493 e. The van der Waals surface area contributed by atoms with Crippen LogP contribution in [0.4, 0.5) is 63.6 Å². The van der Waals surface area contributed by atoms with Gasteiger partial charge in [-0.2, -0.15) is 0 Å². The molecule has 20 rings (SSSR count). The van der Waals surface area contributed by atoms with Gasteiger partial charge in [-0.3, -0.25) is 4.90 Å². The second-order valence-corrected chi connectivity index (χ2v) is 32.8. The Balaban J connectivity index is 0.000000125. The molecule has 12 heterocycles. The van der Waals surface area contributed by atoms with E-state index >= 15 is 0 Å². The summed E-state index contributed by atoms with van der Waals surface area (Å²) in [5.41, 5.74) is 21.0. The maximum absolute atomic E-state index is 6.26. The number of fused-ring (bicyclic) bond motifs is 28. The number of benzene rings is 8. The van der Waals surface area contributed by atoms with Crippen molar-refractivity contribution in [3.8, 4) is 68.0 Å². The van der Waals surface area contributed by atoms with E-state index in [2.05, 4.69) is 158 Å². The van der Waals surface area contributed by atoms with Gasteiger partial charge in [-0.25, -0.2) is 39.9 Å². The van der Waals surface area contributed by atoms with Crippen molar-refractivity contribution < 1.29 is 61.6 Å². The summed E-state index contributed by atoms with van der Waals surface area (Å²) >= 11 is 0. The smallest absolute Gasteiger partial charge is 0.227 e. The molecule has 8 aliphatic rings. The number of methoxy groups -OCH3 is 1. The van der Waals surface area contributed by atoms with Crippen molar-refractivity contribution in [2.75, 3.05) is 201 Å². The van der Waals surface area contributed by atoms with Crippen LogP contribution in [0.15, 0.2) is 261 Å². The fourth-order valence-corrected chi connectivity index (χ4v) is 16.5. The average molecular weight is 1820 g/mol. The monoisotopic (exact) mass is 1820 g/mol. The Kier molecular flexibility index (Phi) is 34.1. The zero-order valence-corrected chi connectivity index (χ0v) is 76.3. The molecule has 4 fully saturated rings. The average Bonchev–Trinajstić information content (AvgIpc) is 1.34. The number of hydrogen-bond donors (Lipinski definition) is 4. The van der Waals surface area contributed by atoms with Crippen molar-refractivity contribution in [2.45, 2.75) is 58.9 Å². The van der Waals surface area contributed by atoms with E-state index in [1.54, 1.807) is 31.9 Å². The van der Waals surface area contributed by atoms with Crippen LogP contribution in [0.2, 0.25) is 0 Å². The first-order valence-electron chi connectivity index (χ1n) is 46.4. The third kappa shape index (κ3) is 27.6. The lowest BCUT2D eigenvalue weighted by atomic mass is 10.1. The first-order chi connectivity index (χ1) is 66.8. The number of ether oxygens (including phenoxy) is 13. The van der Waals surface area contributed by atoms with Crippen molar-refractivity contribution in [3.63, 3.8) is 0 Å². The molecule has 135 heavy (non-hydrogen) atoms. The summed E-state index contributed by atoms with van der Waals surface area (Å²) in [5, 5.41) is 13.4.